The first-order valence-electron chi connectivity index (χ1n) is 7.41. The van der Waals surface area contributed by atoms with E-state index in [1.165, 1.54) is 0 Å². The summed E-state index contributed by atoms with van der Waals surface area (Å²) in [5.41, 5.74) is 1.17. The smallest absolute Gasteiger partial charge is 0.360 e. The SMILES string of the molecule is CCCCOCCn1nnc(C(=O)OCC)c1CCC. The van der Waals surface area contributed by atoms with Crippen molar-refractivity contribution in [3.8, 4) is 0 Å². The number of hydrogen-bond donors (Lipinski definition) is 0. The van der Waals surface area contributed by atoms with E-state index < -0.39 is 5.97 Å². The van der Waals surface area contributed by atoms with E-state index in [2.05, 4.69) is 24.2 Å². The van der Waals surface area contributed by atoms with Gasteiger partial charge in [-0.3, -0.25) is 0 Å². The summed E-state index contributed by atoms with van der Waals surface area (Å²) in [6.07, 6.45) is 3.87. The number of hydrogen-bond acceptors (Lipinski definition) is 5. The fourth-order valence-corrected chi connectivity index (χ4v) is 1.85. The van der Waals surface area contributed by atoms with Crippen LogP contribution in [0.4, 0.5) is 0 Å². The number of carbonyl (C=O) groups excluding carboxylic acids is 1. The van der Waals surface area contributed by atoms with E-state index in [1.54, 1.807) is 11.6 Å². The minimum absolute atomic E-state index is 0.335. The molecule has 0 aliphatic carbocycles. The van der Waals surface area contributed by atoms with Gasteiger partial charge in [-0.2, -0.15) is 0 Å². The van der Waals surface area contributed by atoms with Crippen molar-refractivity contribution in [2.75, 3.05) is 19.8 Å². The topological polar surface area (TPSA) is 66.2 Å². The molecule has 0 amide bonds. The van der Waals surface area contributed by atoms with E-state index in [9.17, 15) is 4.79 Å². The normalized spacial score (nSPS) is 10.8. The van der Waals surface area contributed by atoms with Crippen LogP contribution in [0.2, 0.25) is 0 Å². The Morgan fingerprint density at radius 2 is 2.00 bits per heavy atom. The second kappa shape index (κ2) is 9.47. The fraction of sp³-hybridized carbons (Fsp3) is 0.786. The molecule has 20 heavy (non-hydrogen) atoms. The lowest BCUT2D eigenvalue weighted by Crippen LogP contribution is -2.13. The Morgan fingerprint density at radius 3 is 2.65 bits per heavy atom. The molecule has 0 N–H and O–H groups in total. The Balaban J connectivity index is 2.63. The molecular weight excluding hydrogens is 258 g/mol. The van der Waals surface area contributed by atoms with Crippen LogP contribution in [0, 0.1) is 0 Å². The van der Waals surface area contributed by atoms with E-state index in [4.69, 9.17) is 9.47 Å². The standard InChI is InChI=1S/C14H25N3O3/c1-4-7-10-19-11-9-17-12(8-5-2)13(15-16-17)14(18)20-6-3/h4-11H2,1-3H3. The summed E-state index contributed by atoms with van der Waals surface area (Å²) < 4.78 is 12.3. The van der Waals surface area contributed by atoms with Crippen molar-refractivity contribution in [2.24, 2.45) is 0 Å². The van der Waals surface area contributed by atoms with Crippen LogP contribution in [-0.2, 0) is 22.4 Å². The highest BCUT2D eigenvalue weighted by atomic mass is 16.5. The van der Waals surface area contributed by atoms with Crippen molar-refractivity contribution in [3.05, 3.63) is 11.4 Å². The highest BCUT2D eigenvalue weighted by molar-refractivity contribution is 5.88. The second-order valence-electron chi connectivity index (χ2n) is 4.54. The van der Waals surface area contributed by atoms with Gasteiger partial charge in [-0.05, 0) is 19.8 Å². The largest absolute Gasteiger partial charge is 0.461 e. The van der Waals surface area contributed by atoms with Gasteiger partial charge in [-0.15, -0.1) is 5.10 Å². The van der Waals surface area contributed by atoms with E-state index in [1.807, 2.05) is 0 Å². The van der Waals surface area contributed by atoms with Crippen LogP contribution in [0.5, 0.6) is 0 Å². The Labute approximate surface area is 120 Å². The molecule has 0 radical (unpaired) electrons. The van der Waals surface area contributed by atoms with Crippen LogP contribution in [0.3, 0.4) is 0 Å². The van der Waals surface area contributed by atoms with E-state index in [-0.39, 0.29) is 0 Å². The minimum Gasteiger partial charge on any atom is -0.461 e. The van der Waals surface area contributed by atoms with Crippen LogP contribution in [0.25, 0.3) is 0 Å². The van der Waals surface area contributed by atoms with Gasteiger partial charge in [0.2, 0.25) is 0 Å². The lowest BCUT2D eigenvalue weighted by molar-refractivity contribution is 0.0517. The summed E-state index contributed by atoms with van der Waals surface area (Å²) in [5.74, 6) is -0.394. The van der Waals surface area contributed by atoms with Gasteiger partial charge in [0.1, 0.15) is 0 Å². The number of aromatic nitrogens is 3. The summed E-state index contributed by atoms with van der Waals surface area (Å²) in [4.78, 5) is 11.8. The van der Waals surface area contributed by atoms with Gasteiger partial charge in [0.15, 0.2) is 5.69 Å². The number of rotatable bonds is 10. The Kier molecular flexibility index (Phi) is 7.87. The summed E-state index contributed by atoms with van der Waals surface area (Å²) in [6, 6.07) is 0. The molecule has 114 valence electrons. The molecule has 1 heterocycles. The van der Waals surface area contributed by atoms with Crippen molar-refractivity contribution in [1.82, 2.24) is 15.0 Å². The summed E-state index contributed by atoms with van der Waals surface area (Å²) >= 11 is 0. The number of unbranched alkanes of at least 4 members (excludes halogenated alkanes) is 1. The molecule has 6 heteroatoms. The van der Waals surface area contributed by atoms with Crippen molar-refractivity contribution in [3.63, 3.8) is 0 Å². The quantitative estimate of drug-likeness (QED) is 0.486. The predicted molar refractivity (Wildman–Crippen MR) is 75.7 cm³/mol. The molecule has 1 aromatic rings. The Morgan fingerprint density at radius 1 is 1.20 bits per heavy atom. The first-order valence-corrected chi connectivity index (χ1v) is 7.41. The van der Waals surface area contributed by atoms with Crippen LogP contribution in [0.1, 0.15) is 56.2 Å². The minimum atomic E-state index is -0.394. The molecule has 0 saturated carbocycles. The molecule has 0 aromatic carbocycles. The second-order valence-corrected chi connectivity index (χ2v) is 4.54. The molecule has 0 spiro atoms. The molecule has 0 unspecified atom stereocenters. The zero-order valence-electron chi connectivity index (χ0n) is 12.7. The molecule has 0 bridgehead atoms. The van der Waals surface area contributed by atoms with Gasteiger partial charge in [-0.1, -0.05) is 31.9 Å². The van der Waals surface area contributed by atoms with Crippen LogP contribution in [-0.4, -0.2) is 40.8 Å². The van der Waals surface area contributed by atoms with Crippen molar-refractivity contribution in [1.29, 1.82) is 0 Å². The molecule has 1 aromatic heterocycles. The molecule has 0 aliphatic rings. The van der Waals surface area contributed by atoms with Crippen LogP contribution < -0.4 is 0 Å². The lowest BCUT2D eigenvalue weighted by Gasteiger charge is -2.07. The first-order chi connectivity index (χ1) is 9.74. The molecule has 0 aliphatic heterocycles. The third-order valence-corrected chi connectivity index (χ3v) is 2.88. The van der Waals surface area contributed by atoms with E-state index >= 15 is 0 Å². The van der Waals surface area contributed by atoms with E-state index in [0.717, 1.165) is 38.0 Å². The average Bonchev–Trinajstić information content (AvgIpc) is 2.83. The first kappa shape index (κ1) is 16.6. The highest BCUT2D eigenvalue weighted by Crippen LogP contribution is 2.10. The van der Waals surface area contributed by atoms with Crippen molar-refractivity contribution < 1.29 is 14.3 Å². The van der Waals surface area contributed by atoms with E-state index in [0.29, 0.717) is 25.5 Å². The van der Waals surface area contributed by atoms with Crippen molar-refractivity contribution in [2.45, 2.75) is 53.0 Å². The summed E-state index contributed by atoms with van der Waals surface area (Å²) in [7, 11) is 0. The summed E-state index contributed by atoms with van der Waals surface area (Å²) in [5, 5.41) is 7.99. The molecule has 0 fully saturated rings. The van der Waals surface area contributed by atoms with Gasteiger partial charge in [0.25, 0.3) is 0 Å². The zero-order valence-corrected chi connectivity index (χ0v) is 12.7. The summed E-state index contributed by atoms with van der Waals surface area (Å²) in [6.45, 7) is 8.28. The van der Waals surface area contributed by atoms with Crippen LogP contribution >= 0.6 is 0 Å². The van der Waals surface area contributed by atoms with Gasteiger partial charge in [0.05, 0.1) is 25.5 Å². The number of esters is 1. The maximum Gasteiger partial charge on any atom is 0.360 e. The average molecular weight is 283 g/mol. The fourth-order valence-electron chi connectivity index (χ4n) is 1.85. The lowest BCUT2D eigenvalue weighted by atomic mass is 10.2. The maximum absolute atomic E-state index is 11.8. The molecule has 6 nitrogen and oxygen atoms in total. The number of nitrogens with zero attached hydrogens (tertiary/aromatic N) is 3. The molecule has 1 rings (SSSR count). The predicted octanol–water partition coefficient (Wildman–Crippen LogP) is 2.22. The Bertz CT molecular complexity index is 404. The van der Waals surface area contributed by atoms with Crippen LogP contribution in [0.15, 0.2) is 0 Å². The highest BCUT2D eigenvalue weighted by Gasteiger charge is 2.19. The third kappa shape index (κ3) is 4.92. The van der Waals surface area contributed by atoms with Gasteiger partial charge >= 0.3 is 5.97 Å². The Hall–Kier alpha value is -1.43. The maximum atomic E-state index is 11.8. The van der Waals surface area contributed by atoms with Gasteiger partial charge in [0, 0.05) is 6.61 Å². The zero-order chi connectivity index (χ0) is 14.8. The monoisotopic (exact) mass is 283 g/mol. The van der Waals surface area contributed by atoms with Gasteiger partial charge < -0.3 is 9.47 Å². The number of carbonyl (C=O) groups is 1. The number of ether oxygens (including phenoxy) is 2. The molecule has 0 atom stereocenters. The molecule has 0 saturated heterocycles. The molecular formula is C14H25N3O3. The van der Waals surface area contributed by atoms with Crippen molar-refractivity contribution >= 4 is 5.97 Å². The van der Waals surface area contributed by atoms with Gasteiger partial charge in [-0.25, -0.2) is 9.48 Å². The third-order valence-electron chi connectivity index (χ3n) is 2.88.